The van der Waals surface area contributed by atoms with Crippen molar-refractivity contribution in [3.8, 4) is 0 Å². The van der Waals surface area contributed by atoms with Gasteiger partial charge in [-0.15, -0.1) is 0 Å². The number of sulfonamides is 1. The summed E-state index contributed by atoms with van der Waals surface area (Å²) >= 11 is 5.89. The summed E-state index contributed by atoms with van der Waals surface area (Å²) in [6.45, 7) is 5.51. The molecule has 0 fully saturated rings. The maximum Gasteiger partial charge on any atom is 0.261 e. The molecule has 0 saturated heterocycles. The van der Waals surface area contributed by atoms with Gasteiger partial charge < -0.3 is 0 Å². The van der Waals surface area contributed by atoms with Gasteiger partial charge >= 0.3 is 0 Å². The second kappa shape index (κ2) is 5.23. The lowest BCUT2D eigenvalue weighted by molar-refractivity contribution is 0.601. The fraction of sp³-hybridized carbons (Fsp3) is 0.0714. The van der Waals surface area contributed by atoms with E-state index < -0.39 is 10.0 Å². The molecule has 0 atom stereocenters. The quantitative estimate of drug-likeness (QED) is 0.939. The van der Waals surface area contributed by atoms with Gasteiger partial charge in [0.05, 0.1) is 4.90 Å². The second-order valence-electron chi connectivity index (χ2n) is 4.21. The Kier molecular flexibility index (Phi) is 3.83. The van der Waals surface area contributed by atoms with E-state index in [4.69, 9.17) is 11.6 Å². The van der Waals surface area contributed by atoms with E-state index >= 15 is 0 Å². The minimum atomic E-state index is -3.59. The Morgan fingerprint density at radius 2 is 1.74 bits per heavy atom. The first-order chi connectivity index (χ1) is 8.88. The fourth-order valence-electron chi connectivity index (χ4n) is 1.57. The number of hydrogen-bond donors (Lipinski definition) is 1. The first-order valence-electron chi connectivity index (χ1n) is 5.59. The highest BCUT2D eigenvalue weighted by molar-refractivity contribution is 7.92. The van der Waals surface area contributed by atoms with Gasteiger partial charge in [-0.05, 0) is 55.3 Å². The van der Waals surface area contributed by atoms with Crippen molar-refractivity contribution in [1.29, 1.82) is 0 Å². The first kappa shape index (κ1) is 13.9. The van der Waals surface area contributed by atoms with Gasteiger partial charge in [0.25, 0.3) is 10.0 Å². The predicted octanol–water partition coefficient (Wildman–Crippen LogP) is 3.63. The molecular formula is C14H13ClNO2S. The average molecular weight is 295 g/mol. The van der Waals surface area contributed by atoms with Crippen LogP contribution in [0, 0.1) is 13.8 Å². The van der Waals surface area contributed by atoms with E-state index in [-0.39, 0.29) is 4.90 Å². The number of rotatable bonds is 3. The number of benzene rings is 2. The summed E-state index contributed by atoms with van der Waals surface area (Å²) in [4.78, 5) is 0.188. The average Bonchev–Trinajstić information content (AvgIpc) is 2.35. The van der Waals surface area contributed by atoms with Crippen molar-refractivity contribution in [1.82, 2.24) is 0 Å². The highest BCUT2D eigenvalue weighted by Gasteiger charge is 2.14. The van der Waals surface area contributed by atoms with Crippen LogP contribution < -0.4 is 4.72 Å². The lowest BCUT2D eigenvalue weighted by Gasteiger charge is -2.09. The molecule has 1 N–H and O–H groups in total. The molecule has 0 saturated carbocycles. The number of anilines is 1. The summed E-state index contributed by atoms with van der Waals surface area (Å²) in [6.07, 6.45) is 0. The molecule has 5 heteroatoms. The van der Waals surface area contributed by atoms with E-state index in [2.05, 4.69) is 11.6 Å². The normalized spacial score (nSPS) is 11.3. The zero-order chi connectivity index (χ0) is 14.0. The molecule has 0 heterocycles. The Labute approximate surface area is 118 Å². The van der Waals surface area contributed by atoms with Crippen LogP contribution in [0.4, 0.5) is 5.69 Å². The van der Waals surface area contributed by atoms with Crippen LogP contribution in [-0.4, -0.2) is 8.42 Å². The van der Waals surface area contributed by atoms with E-state index in [1.165, 1.54) is 6.07 Å². The van der Waals surface area contributed by atoms with Crippen molar-refractivity contribution in [2.45, 2.75) is 11.8 Å². The maximum atomic E-state index is 12.2. The Hall–Kier alpha value is -1.52. The largest absolute Gasteiger partial charge is 0.280 e. The van der Waals surface area contributed by atoms with Gasteiger partial charge in [-0.2, -0.15) is 0 Å². The summed E-state index contributed by atoms with van der Waals surface area (Å²) in [6, 6.07) is 11.4. The third-order valence-electron chi connectivity index (χ3n) is 2.65. The van der Waals surface area contributed by atoms with Crippen molar-refractivity contribution < 1.29 is 8.42 Å². The fourth-order valence-corrected chi connectivity index (χ4v) is 2.83. The first-order valence-corrected chi connectivity index (χ1v) is 7.45. The van der Waals surface area contributed by atoms with E-state index in [1.807, 2.05) is 0 Å². The third-order valence-corrected chi connectivity index (χ3v) is 4.45. The lowest BCUT2D eigenvalue weighted by atomic mass is 10.2. The highest BCUT2D eigenvalue weighted by Crippen LogP contribution is 2.21. The molecule has 0 aliphatic heterocycles. The Bertz CT molecular complexity index is 694. The number of hydrogen-bond acceptors (Lipinski definition) is 2. The van der Waals surface area contributed by atoms with E-state index in [0.717, 1.165) is 11.1 Å². The molecule has 0 spiro atoms. The van der Waals surface area contributed by atoms with E-state index in [0.29, 0.717) is 10.7 Å². The minimum absolute atomic E-state index is 0.188. The van der Waals surface area contributed by atoms with Crippen LogP contribution in [0.5, 0.6) is 0 Å². The summed E-state index contributed by atoms with van der Waals surface area (Å²) in [5, 5.41) is 0.542. The molecular weight excluding hydrogens is 282 g/mol. The zero-order valence-corrected chi connectivity index (χ0v) is 11.9. The molecule has 3 nitrogen and oxygen atoms in total. The van der Waals surface area contributed by atoms with Crippen LogP contribution in [0.25, 0.3) is 0 Å². The van der Waals surface area contributed by atoms with Crippen LogP contribution in [-0.2, 0) is 10.0 Å². The van der Waals surface area contributed by atoms with Crippen LogP contribution >= 0.6 is 11.6 Å². The second-order valence-corrected chi connectivity index (χ2v) is 6.30. The molecule has 2 rings (SSSR count). The van der Waals surface area contributed by atoms with Crippen LogP contribution in [0.2, 0.25) is 5.02 Å². The summed E-state index contributed by atoms with van der Waals surface area (Å²) in [5.74, 6) is 0. The van der Waals surface area contributed by atoms with Gasteiger partial charge in [-0.3, -0.25) is 4.72 Å². The van der Waals surface area contributed by atoms with Crippen molar-refractivity contribution in [2.24, 2.45) is 0 Å². The molecule has 2 aromatic carbocycles. The number of halogens is 1. The Morgan fingerprint density at radius 1 is 1.11 bits per heavy atom. The zero-order valence-electron chi connectivity index (χ0n) is 10.4. The maximum absolute atomic E-state index is 12.2. The molecule has 0 aliphatic rings. The topological polar surface area (TPSA) is 46.2 Å². The lowest BCUT2D eigenvalue weighted by Crippen LogP contribution is -2.13. The summed E-state index contributed by atoms with van der Waals surface area (Å²) < 4.78 is 26.9. The van der Waals surface area contributed by atoms with Gasteiger partial charge in [0, 0.05) is 10.7 Å². The molecule has 99 valence electrons. The molecule has 0 aromatic heterocycles. The third kappa shape index (κ3) is 3.28. The predicted molar refractivity (Wildman–Crippen MR) is 77.9 cm³/mol. The van der Waals surface area contributed by atoms with Crippen LogP contribution in [0.15, 0.2) is 47.4 Å². The van der Waals surface area contributed by atoms with Gasteiger partial charge in [0.15, 0.2) is 0 Å². The Balaban J connectivity index is 2.32. The molecule has 1 radical (unpaired) electrons. The molecule has 0 aliphatic carbocycles. The summed E-state index contributed by atoms with van der Waals surface area (Å²) in [5.41, 5.74) is 2.04. The van der Waals surface area contributed by atoms with Crippen molar-refractivity contribution in [3.63, 3.8) is 0 Å². The number of nitrogens with one attached hydrogen (secondary N) is 1. The van der Waals surface area contributed by atoms with Crippen molar-refractivity contribution >= 4 is 27.3 Å². The van der Waals surface area contributed by atoms with Crippen molar-refractivity contribution in [2.75, 3.05) is 4.72 Å². The smallest absolute Gasteiger partial charge is 0.261 e. The van der Waals surface area contributed by atoms with Gasteiger partial charge in [0.2, 0.25) is 0 Å². The van der Waals surface area contributed by atoms with Crippen molar-refractivity contribution in [3.05, 3.63) is 65.5 Å². The monoisotopic (exact) mass is 294 g/mol. The number of aryl methyl sites for hydroxylation is 1. The highest BCUT2D eigenvalue weighted by atomic mass is 35.5. The van der Waals surface area contributed by atoms with Gasteiger partial charge in [-0.1, -0.05) is 23.7 Å². The van der Waals surface area contributed by atoms with Gasteiger partial charge in [0.1, 0.15) is 0 Å². The molecule has 0 bridgehead atoms. The van der Waals surface area contributed by atoms with E-state index in [9.17, 15) is 8.42 Å². The molecule has 2 aromatic rings. The van der Waals surface area contributed by atoms with Crippen LogP contribution in [0.3, 0.4) is 0 Å². The van der Waals surface area contributed by atoms with Crippen LogP contribution in [0.1, 0.15) is 11.1 Å². The molecule has 0 amide bonds. The Morgan fingerprint density at radius 3 is 2.32 bits per heavy atom. The van der Waals surface area contributed by atoms with E-state index in [1.54, 1.807) is 43.3 Å². The molecule has 0 unspecified atom stereocenters. The minimum Gasteiger partial charge on any atom is -0.280 e. The molecule has 19 heavy (non-hydrogen) atoms. The SMILES string of the molecule is [CH2]c1ccc(NS(=O)(=O)c2ccc(Cl)c(C)c2)cc1. The standard InChI is InChI=1S/C14H13ClNO2S/c1-10-3-5-12(6-4-10)16-19(17,18)13-7-8-14(15)11(2)9-13/h3-9,16H,1H2,2H3. The summed E-state index contributed by atoms with van der Waals surface area (Å²) in [7, 11) is -3.59. The van der Waals surface area contributed by atoms with Gasteiger partial charge in [-0.25, -0.2) is 8.42 Å².